The Balaban J connectivity index is 0.000000265. The zero-order valence-corrected chi connectivity index (χ0v) is 8.52. The lowest BCUT2D eigenvalue weighted by molar-refractivity contribution is -0.135. The van der Waals surface area contributed by atoms with E-state index in [1.54, 1.807) is 0 Å². The molecule has 0 spiro atoms. The first-order valence-corrected chi connectivity index (χ1v) is 4.44. The third-order valence-corrected chi connectivity index (χ3v) is 1.43. The molecule has 0 aromatic heterocycles. The van der Waals surface area contributed by atoms with E-state index in [4.69, 9.17) is 5.11 Å². The van der Waals surface area contributed by atoms with Crippen LogP contribution in [0.2, 0.25) is 0 Å². The van der Waals surface area contributed by atoms with Crippen molar-refractivity contribution in [1.29, 1.82) is 0 Å². The highest BCUT2D eigenvalue weighted by molar-refractivity contribution is 5.69. The summed E-state index contributed by atoms with van der Waals surface area (Å²) >= 11 is 0. The molecule has 0 radical (unpaired) electrons. The summed E-state index contributed by atoms with van der Waals surface area (Å²) in [6.45, 7) is 6.84. The lowest BCUT2D eigenvalue weighted by Crippen LogP contribution is -2.15. The highest BCUT2D eigenvalue weighted by atomic mass is 16.4. The Bertz CT molecular complexity index is 307. The number of rotatable bonds is 4. The molecule has 0 fully saturated rings. The number of carbonyl (C=O) groups is 1. The molecular weight excluding hydrogens is 190 g/mol. The van der Waals surface area contributed by atoms with Crippen molar-refractivity contribution in [3.8, 4) is 0 Å². The molecule has 2 N–H and O–H groups in total. The van der Waals surface area contributed by atoms with E-state index in [1.165, 1.54) is 11.8 Å². The topological polar surface area (TPSA) is 49.3 Å². The lowest BCUT2D eigenvalue weighted by atomic mass is 10.2. The maximum absolute atomic E-state index is 9.65. The van der Waals surface area contributed by atoms with Crippen LogP contribution in [0.15, 0.2) is 49.7 Å². The zero-order valence-electron chi connectivity index (χ0n) is 8.52. The standard InChI is InChI=1S/C8H8.C4H7NO2/c1-2-8-6-4-3-5-7-8;1-2-5-3-4(6)7/h2-7H,1H2;2,5H,1,3H2,(H,6,7). The second-order valence-corrected chi connectivity index (χ2v) is 2.59. The van der Waals surface area contributed by atoms with Gasteiger partial charge in [0.25, 0.3) is 0 Å². The van der Waals surface area contributed by atoms with Crippen molar-refractivity contribution < 1.29 is 9.90 Å². The fraction of sp³-hybridized carbons (Fsp3) is 0.0833. The Morgan fingerprint density at radius 3 is 2.20 bits per heavy atom. The second kappa shape index (κ2) is 8.56. The summed E-state index contributed by atoms with van der Waals surface area (Å²) in [6, 6.07) is 10.0. The smallest absolute Gasteiger partial charge is 0.322 e. The third kappa shape index (κ3) is 8.30. The van der Waals surface area contributed by atoms with E-state index >= 15 is 0 Å². The van der Waals surface area contributed by atoms with Gasteiger partial charge in [-0.2, -0.15) is 0 Å². The molecule has 0 saturated carbocycles. The number of carboxylic acids is 1. The van der Waals surface area contributed by atoms with Gasteiger partial charge in [0.1, 0.15) is 6.54 Å². The third-order valence-electron chi connectivity index (χ3n) is 1.43. The first-order chi connectivity index (χ1) is 7.20. The van der Waals surface area contributed by atoms with Crippen molar-refractivity contribution in [3.63, 3.8) is 0 Å². The SMILES string of the molecule is C=CNCC(=O)O.C=Cc1ccccc1. The van der Waals surface area contributed by atoms with Crippen LogP contribution in [0, 0.1) is 0 Å². The molecule has 80 valence electrons. The summed E-state index contributed by atoms with van der Waals surface area (Å²) in [7, 11) is 0. The van der Waals surface area contributed by atoms with Gasteiger partial charge >= 0.3 is 5.97 Å². The van der Waals surface area contributed by atoms with Gasteiger partial charge in [-0.05, 0) is 11.8 Å². The number of aliphatic carboxylic acids is 1. The molecule has 0 saturated heterocycles. The maximum atomic E-state index is 9.65. The maximum Gasteiger partial charge on any atom is 0.322 e. The molecule has 0 aliphatic rings. The minimum atomic E-state index is -0.875. The number of hydrogen-bond donors (Lipinski definition) is 2. The van der Waals surface area contributed by atoms with Crippen LogP contribution in [0.1, 0.15) is 5.56 Å². The molecular formula is C12H15NO2. The molecule has 15 heavy (non-hydrogen) atoms. The molecule has 0 atom stereocenters. The Kier molecular flexibility index (Phi) is 7.40. The van der Waals surface area contributed by atoms with Gasteiger partial charge in [-0.25, -0.2) is 0 Å². The monoisotopic (exact) mass is 205 g/mol. The predicted octanol–water partition coefficient (Wildman–Crippen LogP) is 2.13. The van der Waals surface area contributed by atoms with Gasteiger partial charge in [0.05, 0.1) is 0 Å². The summed E-state index contributed by atoms with van der Waals surface area (Å²) in [6.07, 6.45) is 3.17. The van der Waals surface area contributed by atoms with Crippen LogP contribution in [-0.4, -0.2) is 17.6 Å². The summed E-state index contributed by atoms with van der Waals surface area (Å²) in [4.78, 5) is 9.65. The summed E-state index contributed by atoms with van der Waals surface area (Å²) in [5, 5.41) is 10.3. The van der Waals surface area contributed by atoms with Crippen molar-refractivity contribution in [2.45, 2.75) is 0 Å². The van der Waals surface area contributed by atoms with E-state index in [0.717, 1.165) is 0 Å². The van der Waals surface area contributed by atoms with Gasteiger partial charge < -0.3 is 10.4 Å². The van der Waals surface area contributed by atoms with E-state index in [9.17, 15) is 4.79 Å². The van der Waals surface area contributed by atoms with Gasteiger partial charge in [0.15, 0.2) is 0 Å². The van der Waals surface area contributed by atoms with E-state index in [1.807, 2.05) is 36.4 Å². The predicted molar refractivity (Wildman–Crippen MR) is 62.4 cm³/mol. The van der Waals surface area contributed by atoms with Crippen LogP contribution in [0.25, 0.3) is 6.08 Å². The molecule has 3 nitrogen and oxygen atoms in total. The molecule has 1 rings (SSSR count). The fourth-order valence-electron chi connectivity index (χ4n) is 0.749. The average molecular weight is 205 g/mol. The van der Waals surface area contributed by atoms with Gasteiger partial charge in [-0.1, -0.05) is 49.6 Å². The van der Waals surface area contributed by atoms with Crippen LogP contribution < -0.4 is 5.32 Å². The van der Waals surface area contributed by atoms with E-state index in [-0.39, 0.29) is 6.54 Å². The first-order valence-electron chi connectivity index (χ1n) is 4.44. The minimum absolute atomic E-state index is 0.0521. The van der Waals surface area contributed by atoms with Gasteiger partial charge in [-0.15, -0.1) is 0 Å². The zero-order chi connectivity index (χ0) is 11.5. The van der Waals surface area contributed by atoms with Crippen molar-refractivity contribution in [1.82, 2.24) is 5.32 Å². The minimum Gasteiger partial charge on any atom is -0.480 e. The highest BCUT2D eigenvalue weighted by Gasteiger charge is 1.87. The van der Waals surface area contributed by atoms with Crippen molar-refractivity contribution in [3.05, 3.63) is 55.3 Å². The van der Waals surface area contributed by atoms with Crippen molar-refractivity contribution >= 4 is 12.0 Å². The van der Waals surface area contributed by atoms with E-state index < -0.39 is 5.97 Å². The van der Waals surface area contributed by atoms with Crippen molar-refractivity contribution in [2.75, 3.05) is 6.54 Å². The molecule has 1 aromatic rings. The van der Waals surface area contributed by atoms with Gasteiger partial charge in [0, 0.05) is 0 Å². The Labute approximate surface area is 89.8 Å². The van der Waals surface area contributed by atoms with Crippen LogP contribution in [0.4, 0.5) is 0 Å². The van der Waals surface area contributed by atoms with E-state index in [0.29, 0.717) is 0 Å². The summed E-state index contributed by atoms with van der Waals surface area (Å²) < 4.78 is 0. The molecule has 0 amide bonds. The number of benzene rings is 1. The number of nitrogens with one attached hydrogen (secondary N) is 1. The summed E-state index contributed by atoms with van der Waals surface area (Å²) in [5.41, 5.74) is 1.17. The van der Waals surface area contributed by atoms with Crippen LogP contribution in [0.5, 0.6) is 0 Å². The molecule has 0 aliphatic heterocycles. The molecule has 1 aromatic carbocycles. The first kappa shape index (κ1) is 13.0. The van der Waals surface area contributed by atoms with Crippen LogP contribution >= 0.6 is 0 Å². The van der Waals surface area contributed by atoms with Crippen molar-refractivity contribution in [2.24, 2.45) is 0 Å². The second-order valence-electron chi connectivity index (χ2n) is 2.59. The van der Waals surface area contributed by atoms with Crippen LogP contribution in [-0.2, 0) is 4.79 Å². The lowest BCUT2D eigenvalue weighted by Gasteiger charge is -1.88. The van der Waals surface area contributed by atoms with Gasteiger partial charge in [-0.3, -0.25) is 4.79 Å². The average Bonchev–Trinajstić information content (AvgIpc) is 2.28. The fourth-order valence-corrected chi connectivity index (χ4v) is 0.749. The number of carboxylic acid groups (broad SMARTS) is 1. The van der Waals surface area contributed by atoms with E-state index in [2.05, 4.69) is 18.5 Å². The molecule has 0 bridgehead atoms. The Morgan fingerprint density at radius 1 is 1.33 bits per heavy atom. The quantitative estimate of drug-likeness (QED) is 0.791. The molecule has 0 aliphatic carbocycles. The summed E-state index contributed by atoms with van der Waals surface area (Å²) in [5.74, 6) is -0.875. The molecule has 0 unspecified atom stereocenters. The van der Waals surface area contributed by atoms with Gasteiger partial charge in [0.2, 0.25) is 0 Å². The highest BCUT2D eigenvalue weighted by Crippen LogP contribution is 1.97. The number of hydrogen-bond acceptors (Lipinski definition) is 2. The normalized spacial score (nSPS) is 8.00. The molecule has 0 heterocycles. The Hall–Kier alpha value is -2.03. The Morgan fingerprint density at radius 2 is 1.93 bits per heavy atom. The van der Waals surface area contributed by atoms with Crippen LogP contribution in [0.3, 0.4) is 0 Å². The largest absolute Gasteiger partial charge is 0.480 e. The molecule has 3 heteroatoms.